The van der Waals surface area contributed by atoms with Crippen molar-refractivity contribution in [3.8, 4) is 0 Å². The predicted octanol–water partition coefficient (Wildman–Crippen LogP) is 4.98. The molecule has 0 heterocycles. The first-order valence-corrected chi connectivity index (χ1v) is 9.13. The first-order chi connectivity index (χ1) is 9.25. The van der Waals surface area contributed by atoms with Gasteiger partial charge in [0, 0.05) is 5.25 Å². The Kier molecular flexibility index (Phi) is 7.07. The molecule has 2 heteroatoms. The molecular weight excluding hydrogens is 252 g/mol. The molecule has 0 aromatic heterocycles. The van der Waals surface area contributed by atoms with Crippen LogP contribution in [0.5, 0.6) is 0 Å². The molecule has 2 unspecified atom stereocenters. The summed E-state index contributed by atoms with van der Waals surface area (Å²) in [6.07, 6.45) is 17.1. The summed E-state index contributed by atoms with van der Waals surface area (Å²) >= 11 is 4.68. The minimum absolute atomic E-state index is 0.174. The molecule has 1 N–H and O–H groups in total. The standard InChI is InChI=1S/C17H32OS/c18-16(12-11-14-7-3-1-4-8-14)17(19)13-15-9-5-2-6-10-15/h14-19H,1-13H2. The van der Waals surface area contributed by atoms with Gasteiger partial charge in [-0.1, -0.05) is 64.2 Å². The van der Waals surface area contributed by atoms with Gasteiger partial charge >= 0.3 is 0 Å². The van der Waals surface area contributed by atoms with Gasteiger partial charge in [0.15, 0.2) is 0 Å². The Bertz CT molecular complexity index is 231. The molecule has 0 saturated heterocycles. The van der Waals surface area contributed by atoms with Gasteiger partial charge in [0.2, 0.25) is 0 Å². The summed E-state index contributed by atoms with van der Waals surface area (Å²) in [6.45, 7) is 0. The largest absolute Gasteiger partial charge is 0.392 e. The molecule has 0 bridgehead atoms. The van der Waals surface area contributed by atoms with Crippen molar-refractivity contribution in [3.05, 3.63) is 0 Å². The maximum Gasteiger partial charge on any atom is 0.0656 e. The SMILES string of the molecule is OC(CCC1CCCCC1)C(S)CC1CCCCC1. The quantitative estimate of drug-likeness (QED) is 0.659. The zero-order chi connectivity index (χ0) is 13.5. The monoisotopic (exact) mass is 284 g/mol. The lowest BCUT2D eigenvalue weighted by Gasteiger charge is -2.28. The van der Waals surface area contributed by atoms with Crippen LogP contribution < -0.4 is 0 Å². The Labute approximate surface area is 125 Å². The maximum atomic E-state index is 10.3. The van der Waals surface area contributed by atoms with Crippen LogP contribution >= 0.6 is 12.6 Å². The third-order valence-electron chi connectivity index (χ3n) is 5.34. The minimum atomic E-state index is -0.174. The van der Waals surface area contributed by atoms with Gasteiger partial charge in [0.25, 0.3) is 0 Å². The first-order valence-electron chi connectivity index (χ1n) is 8.62. The smallest absolute Gasteiger partial charge is 0.0656 e. The van der Waals surface area contributed by atoms with E-state index in [1.807, 2.05) is 0 Å². The lowest BCUT2D eigenvalue weighted by atomic mass is 9.83. The highest BCUT2D eigenvalue weighted by atomic mass is 32.1. The second-order valence-corrected chi connectivity index (χ2v) is 7.62. The Hall–Kier alpha value is 0.310. The van der Waals surface area contributed by atoms with Gasteiger partial charge < -0.3 is 5.11 Å². The van der Waals surface area contributed by atoms with Crippen molar-refractivity contribution in [1.82, 2.24) is 0 Å². The predicted molar refractivity (Wildman–Crippen MR) is 85.8 cm³/mol. The van der Waals surface area contributed by atoms with Crippen LogP contribution in [-0.4, -0.2) is 16.5 Å². The van der Waals surface area contributed by atoms with Gasteiger partial charge in [-0.25, -0.2) is 0 Å². The van der Waals surface area contributed by atoms with E-state index in [0.29, 0.717) is 0 Å². The normalized spacial score (nSPS) is 26.2. The molecule has 0 aromatic carbocycles. The van der Waals surface area contributed by atoms with E-state index in [9.17, 15) is 5.11 Å². The Morgan fingerprint density at radius 3 is 1.95 bits per heavy atom. The van der Waals surface area contributed by atoms with Crippen molar-refractivity contribution < 1.29 is 5.11 Å². The van der Waals surface area contributed by atoms with E-state index < -0.39 is 0 Å². The van der Waals surface area contributed by atoms with Crippen molar-refractivity contribution >= 4 is 12.6 Å². The molecule has 2 aliphatic carbocycles. The van der Waals surface area contributed by atoms with Crippen molar-refractivity contribution in [2.24, 2.45) is 11.8 Å². The van der Waals surface area contributed by atoms with Crippen molar-refractivity contribution in [3.63, 3.8) is 0 Å². The van der Waals surface area contributed by atoms with E-state index in [2.05, 4.69) is 12.6 Å². The molecule has 2 aliphatic rings. The van der Waals surface area contributed by atoms with E-state index in [0.717, 1.165) is 24.7 Å². The van der Waals surface area contributed by atoms with Crippen LogP contribution in [0.15, 0.2) is 0 Å². The highest BCUT2D eigenvalue weighted by Gasteiger charge is 2.23. The van der Waals surface area contributed by atoms with Crippen LogP contribution in [0.2, 0.25) is 0 Å². The number of aliphatic hydroxyl groups is 1. The van der Waals surface area contributed by atoms with Gasteiger partial charge in [-0.05, 0) is 31.1 Å². The average Bonchev–Trinajstić information content (AvgIpc) is 2.47. The number of hydrogen-bond acceptors (Lipinski definition) is 2. The van der Waals surface area contributed by atoms with Crippen LogP contribution in [0.1, 0.15) is 83.5 Å². The second kappa shape index (κ2) is 8.56. The second-order valence-electron chi connectivity index (χ2n) is 6.96. The minimum Gasteiger partial charge on any atom is -0.392 e. The molecule has 0 spiro atoms. The van der Waals surface area contributed by atoms with Crippen molar-refractivity contribution in [2.75, 3.05) is 0 Å². The molecular formula is C17H32OS. The number of thiol groups is 1. The summed E-state index contributed by atoms with van der Waals surface area (Å²) in [5.41, 5.74) is 0. The average molecular weight is 285 g/mol. The van der Waals surface area contributed by atoms with E-state index in [4.69, 9.17) is 0 Å². The molecule has 2 fully saturated rings. The molecule has 0 amide bonds. The Morgan fingerprint density at radius 1 is 0.842 bits per heavy atom. The lowest BCUT2D eigenvalue weighted by Crippen LogP contribution is -2.25. The highest BCUT2D eigenvalue weighted by Crippen LogP contribution is 2.32. The Balaban J connectivity index is 1.62. The van der Waals surface area contributed by atoms with Crippen molar-refractivity contribution in [1.29, 1.82) is 0 Å². The summed E-state index contributed by atoms with van der Waals surface area (Å²) in [4.78, 5) is 0. The van der Waals surface area contributed by atoms with Crippen LogP contribution in [0, 0.1) is 11.8 Å². The van der Waals surface area contributed by atoms with Gasteiger partial charge in [0.1, 0.15) is 0 Å². The summed E-state index contributed by atoms with van der Waals surface area (Å²) in [5, 5.41) is 10.5. The van der Waals surface area contributed by atoms with Crippen LogP contribution in [-0.2, 0) is 0 Å². The number of hydrogen-bond donors (Lipinski definition) is 2. The van der Waals surface area contributed by atoms with E-state index in [1.165, 1.54) is 70.6 Å². The number of rotatable bonds is 6. The lowest BCUT2D eigenvalue weighted by molar-refractivity contribution is 0.135. The molecule has 0 aliphatic heterocycles. The fourth-order valence-corrected chi connectivity index (χ4v) is 4.44. The van der Waals surface area contributed by atoms with Gasteiger partial charge in [-0.2, -0.15) is 12.6 Å². The molecule has 2 saturated carbocycles. The fraction of sp³-hybridized carbons (Fsp3) is 1.00. The van der Waals surface area contributed by atoms with Crippen molar-refractivity contribution in [2.45, 2.75) is 94.8 Å². The fourth-order valence-electron chi connectivity index (χ4n) is 4.00. The van der Waals surface area contributed by atoms with Gasteiger partial charge in [0.05, 0.1) is 6.10 Å². The first kappa shape index (κ1) is 15.7. The zero-order valence-electron chi connectivity index (χ0n) is 12.4. The third kappa shape index (κ3) is 5.67. The summed E-state index contributed by atoms with van der Waals surface area (Å²) in [5.74, 6) is 1.72. The van der Waals surface area contributed by atoms with Gasteiger partial charge in [-0.3, -0.25) is 0 Å². The molecule has 2 atom stereocenters. The molecule has 19 heavy (non-hydrogen) atoms. The highest BCUT2D eigenvalue weighted by molar-refractivity contribution is 7.81. The topological polar surface area (TPSA) is 20.2 Å². The maximum absolute atomic E-state index is 10.3. The molecule has 0 aromatic rings. The molecule has 1 nitrogen and oxygen atoms in total. The van der Waals surface area contributed by atoms with E-state index in [1.54, 1.807) is 0 Å². The Morgan fingerprint density at radius 2 is 1.37 bits per heavy atom. The zero-order valence-corrected chi connectivity index (χ0v) is 13.3. The van der Waals surface area contributed by atoms with Crippen LogP contribution in [0.4, 0.5) is 0 Å². The molecule has 112 valence electrons. The summed E-state index contributed by atoms with van der Waals surface area (Å²) in [6, 6.07) is 0. The van der Waals surface area contributed by atoms with Crippen LogP contribution in [0.3, 0.4) is 0 Å². The summed E-state index contributed by atoms with van der Waals surface area (Å²) in [7, 11) is 0. The molecule has 0 radical (unpaired) electrons. The third-order valence-corrected chi connectivity index (χ3v) is 5.89. The van der Waals surface area contributed by atoms with Gasteiger partial charge in [-0.15, -0.1) is 0 Å². The number of aliphatic hydroxyl groups excluding tert-OH is 1. The molecule has 2 rings (SSSR count). The van der Waals surface area contributed by atoms with Crippen LogP contribution in [0.25, 0.3) is 0 Å². The van der Waals surface area contributed by atoms with E-state index >= 15 is 0 Å². The summed E-state index contributed by atoms with van der Waals surface area (Å²) < 4.78 is 0. The van der Waals surface area contributed by atoms with E-state index in [-0.39, 0.29) is 11.4 Å².